The van der Waals surface area contributed by atoms with Crippen LogP contribution in [0.1, 0.15) is 43.9 Å². The summed E-state index contributed by atoms with van der Waals surface area (Å²) in [6, 6.07) is 8.45. The Morgan fingerprint density at radius 3 is 2.61 bits per heavy atom. The molecule has 2 heteroatoms. The van der Waals surface area contributed by atoms with E-state index >= 15 is 0 Å². The summed E-state index contributed by atoms with van der Waals surface area (Å²) < 4.78 is 0. The molecule has 18 heavy (non-hydrogen) atoms. The van der Waals surface area contributed by atoms with Crippen LogP contribution in [0, 0.1) is 5.92 Å². The van der Waals surface area contributed by atoms with E-state index in [9.17, 15) is 5.11 Å². The first-order valence-corrected chi connectivity index (χ1v) is 7.18. The molecule has 1 fully saturated rings. The van der Waals surface area contributed by atoms with E-state index in [0.717, 1.165) is 37.5 Å². The number of nitrogens with zero attached hydrogens (tertiary/aromatic N) is 1. The first kappa shape index (κ1) is 13.6. The van der Waals surface area contributed by atoms with Gasteiger partial charge in [0.2, 0.25) is 0 Å². The Balaban J connectivity index is 1.90. The average molecular weight is 247 g/mol. The predicted octanol–water partition coefficient (Wildman–Crippen LogP) is 3.01. The van der Waals surface area contributed by atoms with Crippen molar-refractivity contribution in [2.45, 2.75) is 39.2 Å². The summed E-state index contributed by atoms with van der Waals surface area (Å²) in [5.74, 6) is 0.782. The Morgan fingerprint density at radius 1 is 1.33 bits per heavy atom. The van der Waals surface area contributed by atoms with Crippen LogP contribution in [-0.4, -0.2) is 29.6 Å². The summed E-state index contributed by atoms with van der Waals surface area (Å²) in [5.41, 5.74) is 2.41. The number of aliphatic hydroxyl groups is 1. The smallest absolute Gasteiger partial charge is 0.0916 e. The molecule has 100 valence electrons. The maximum Gasteiger partial charge on any atom is 0.0916 e. The van der Waals surface area contributed by atoms with Crippen LogP contribution in [-0.2, 0) is 6.42 Å². The van der Waals surface area contributed by atoms with Crippen LogP contribution in [0.15, 0.2) is 24.3 Å². The van der Waals surface area contributed by atoms with Crippen LogP contribution < -0.4 is 0 Å². The van der Waals surface area contributed by atoms with Crippen molar-refractivity contribution in [1.82, 2.24) is 4.90 Å². The number of likely N-dealkylation sites (tertiary alicyclic amines) is 1. The monoisotopic (exact) mass is 247 g/mol. The van der Waals surface area contributed by atoms with Gasteiger partial charge in [-0.1, -0.05) is 44.5 Å². The van der Waals surface area contributed by atoms with Crippen molar-refractivity contribution in [3.8, 4) is 0 Å². The zero-order chi connectivity index (χ0) is 13.0. The SMILES string of the molecule is CCCc1ccc(C(O)CN2CCC(C)C2)cc1. The predicted molar refractivity (Wildman–Crippen MR) is 75.6 cm³/mol. The van der Waals surface area contributed by atoms with E-state index in [1.54, 1.807) is 0 Å². The Hall–Kier alpha value is -0.860. The third-order valence-corrected chi connectivity index (χ3v) is 3.84. The van der Waals surface area contributed by atoms with Gasteiger partial charge in [-0.05, 0) is 36.4 Å². The molecule has 1 aliphatic heterocycles. The van der Waals surface area contributed by atoms with E-state index in [0.29, 0.717) is 0 Å². The van der Waals surface area contributed by atoms with Gasteiger partial charge in [0, 0.05) is 13.1 Å². The number of benzene rings is 1. The van der Waals surface area contributed by atoms with Crippen molar-refractivity contribution < 1.29 is 5.11 Å². The molecule has 0 saturated carbocycles. The van der Waals surface area contributed by atoms with E-state index in [1.807, 2.05) is 0 Å². The van der Waals surface area contributed by atoms with Gasteiger partial charge in [0.1, 0.15) is 0 Å². The van der Waals surface area contributed by atoms with E-state index < -0.39 is 0 Å². The Kier molecular flexibility index (Phi) is 4.79. The highest BCUT2D eigenvalue weighted by atomic mass is 16.3. The Morgan fingerprint density at radius 2 is 2.06 bits per heavy atom. The summed E-state index contributed by atoms with van der Waals surface area (Å²) in [6.45, 7) is 7.51. The molecule has 2 nitrogen and oxygen atoms in total. The summed E-state index contributed by atoms with van der Waals surface area (Å²) in [7, 11) is 0. The third kappa shape index (κ3) is 3.56. The van der Waals surface area contributed by atoms with Crippen LogP contribution in [0.2, 0.25) is 0 Å². The second-order valence-corrected chi connectivity index (χ2v) is 5.66. The standard InChI is InChI=1S/C16H25NO/c1-3-4-14-5-7-15(8-6-14)16(18)12-17-10-9-13(2)11-17/h5-8,13,16,18H,3-4,9-12H2,1-2H3. The molecule has 2 rings (SSSR count). The van der Waals surface area contributed by atoms with E-state index in [1.165, 1.54) is 18.4 Å². The van der Waals surface area contributed by atoms with E-state index in [-0.39, 0.29) is 6.10 Å². The number of rotatable bonds is 5. The quantitative estimate of drug-likeness (QED) is 0.864. The van der Waals surface area contributed by atoms with Crippen molar-refractivity contribution in [3.63, 3.8) is 0 Å². The van der Waals surface area contributed by atoms with Gasteiger partial charge in [0.25, 0.3) is 0 Å². The lowest BCUT2D eigenvalue weighted by Crippen LogP contribution is -2.26. The summed E-state index contributed by atoms with van der Waals surface area (Å²) >= 11 is 0. The molecule has 1 heterocycles. The largest absolute Gasteiger partial charge is 0.387 e. The van der Waals surface area contributed by atoms with Crippen LogP contribution in [0.5, 0.6) is 0 Å². The maximum absolute atomic E-state index is 10.2. The fourth-order valence-corrected chi connectivity index (χ4v) is 2.74. The normalized spacial score (nSPS) is 22.3. The molecule has 1 aromatic rings. The molecular formula is C16H25NO. The maximum atomic E-state index is 10.2. The molecule has 1 N–H and O–H groups in total. The summed E-state index contributed by atoms with van der Waals surface area (Å²) in [5, 5.41) is 10.2. The number of aryl methyl sites for hydroxylation is 1. The van der Waals surface area contributed by atoms with Gasteiger partial charge in [-0.3, -0.25) is 0 Å². The van der Waals surface area contributed by atoms with Crippen LogP contribution >= 0.6 is 0 Å². The summed E-state index contributed by atoms with van der Waals surface area (Å²) in [6.07, 6.45) is 3.22. The minimum Gasteiger partial charge on any atom is -0.387 e. The molecular weight excluding hydrogens is 222 g/mol. The van der Waals surface area contributed by atoms with Crippen molar-refractivity contribution in [3.05, 3.63) is 35.4 Å². The first-order chi connectivity index (χ1) is 8.69. The van der Waals surface area contributed by atoms with Gasteiger partial charge in [-0.2, -0.15) is 0 Å². The zero-order valence-electron chi connectivity index (χ0n) is 11.6. The fourth-order valence-electron chi connectivity index (χ4n) is 2.74. The Bertz CT molecular complexity index is 360. The van der Waals surface area contributed by atoms with E-state index in [4.69, 9.17) is 0 Å². The molecule has 0 aromatic heterocycles. The van der Waals surface area contributed by atoms with Crippen molar-refractivity contribution in [2.24, 2.45) is 5.92 Å². The average Bonchev–Trinajstić information content (AvgIpc) is 2.76. The highest BCUT2D eigenvalue weighted by Gasteiger charge is 2.21. The van der Waals surface area contributed by atoms with Crippen molar-refractivity contribution in [1.29, 1.82) is 0 Å². The van der Waals surface area contributed by atoms with Crippen LogP contribution in [0.25, 0.3) is 0 Å². The van der Waals surface area contributed by atoms with Crippen LogP contribution in [0.3, 0.4) is 0 Å². The van der Waals surface area contributed by atoms with Crippen LogP contribution in [0.4, 0.5) is 0 Å². The minimum atomic E-state index is -0.342. The lowest BCUT2D eigenvalue weighted by molar-refractivity contribution is 0.124. The van der Waals surface area contributed by atoms with E-state index in [2.05, 4.69) is 43.0 Å². The molecule has 1 aliphatic rings. The first-order valence-electron chi connectivity index (χ1n) is 7.18. The lowest BCUT2D eigenvalue weighted by atomic mass is 10.0. The molecule has 0 aliphatic carbocycles. The molecule has 2 atom stereocenters. The summed E-state index contributed by atoms with van der Waals surface area (Å²) in [4.78, 5) is 2.37. The van der Waals surface area contributed by atoms with Crippen molar-refractivity contribution >= 4 is 0 Å². The molecule has 1 saturated heterocycles. The Labute approximate surface area is 111 Å². The number of aliphatic hydroxyl groups excluding tert-OH is 1. The molecule has 0 amide bonds. The van der Waals surface area contributed by atoms with Gasteiger partial charge in [-0.25, -0.2) is 0 Å². The number of hydrogen-bond donors (Lipinski definition) is 1. The molecule has 1 aromatic carbocycles. The highest BCUT2D eigenvalue weighted by Crippen LogP contribution is 2.20. The fraction of sp³-hybridized carbons (Fsp3) is 0.625. The van der Waals surface area contributed by atoms with Gasteiger partial charge in [0.05, 0.1) is 6.10 Å². The third-order valence-electron chi connectivity index (χ3n) is 3.84. The zero-order valence-corrected chi connectivity index (χ0v) is 11.6. The number of hydrogen-bond acceptors (Lipinski definition) is 2. The highest BCUT2D eigenvalue weighted by molar-refractivity contribution is 5.24. The lowest BCUT2D eigenvalue weighted by Gasteiger charge is -2.20. The second-order valence-electron chi connectivity index (χ2n) is 5.66. The molecule has 0 radical (unpaired) electrons. The molecule has 0 bridgehead atoms. The van der Waals surface area contributed by atoms with Gasteiger partial charge >= 0.3 is 0 Å². The van der Waals surface area contributed by atoms with Gasteiger partial charge in [-0.15, -0.1) is 0 Å². The topological polar surface area (TPSA) is 23.5 Å². The second kappa shape index (κ2) is 6.35. The molecule has 0 spiro atoms. The van der Waals surface area contributed by atoms with Gasteiger partial charge in [0.15, 0.2) is 0 Å². The van der Waals surface area contributed by atoms with Crippen molar-refractivity contribution in [2.75, 3.05) is 19.6 Å². The number of β-amino-alcohol motifs (C(OH)–C–C–N with tert-alkyl or cyclic N) is 1. The molecule has 2 unspecified atom stereocenters. The minimum absolute atomic E-state index is 0.342. The van der Waals surface area contributed by atoms with Gasteiger partial charge < -0.3 is 10.0 Å².